The Labute approximate surface area is 103 Å². The van der Waals surface area contributed by atoms with E-state index >= 15 is 0 Å². The molecule has 2 N–H and O–H groups in total. The molecule has 0 radical (unpaired) electrons. The zero-order valence-corrected chi connectivity index (χ0v) is 10.5. The first-order valence-electron chi connectivity index (χ1n) is 4.97. The topological polar surface area (TPSA) is 90.7 Å². The van der Waals surface area contributed by atoms with Crippen LogP contribution in [0.15, 0.2) is 0 Å². The molecule has 0 spiro atoms. The maximum Gasteiger partial charge on any atom is 0.317 e. The van der Waals surface area contributed by atoms with Gasteiger partial charge in [0.1, 0.15) is 0 Å². The Morgan fingerprint density at radius 3 is 2.12 bits per heavy atom. The average molecular weight is 258 g/mol. The standard InChI is InChI=1S/C10H14N2O4S/c1-6-8(17-7(2)11-6)3-12(4-9(13)14)5-10(15)16/h3-5H2,1-2H3,(H,13,14)(H,15,16). The van der Waals surface area contributed by atoms with Crippen LogP contribution in [0, 0.1) is 13.8 Å². The van der Waals surface area contributed by atoms with Gasteiger partial charge in [0.15, 0.2) is 0 Å². The van der Waals surface area contributed by atoms with Crippen LogP contribution in [0.4, 0.5) is 0 Å². The third-order valence-corrected chi connectivity index (χ3v) is 3.14. The van der Waals surface area contributed by atoms with E-state index in [2.05, 4.69) is 4.98 Å². The van der Waals surface area contributed by atoms with Gasteiger partial charge in [-0.25, -0.2) is 4.98 Å². The number of aryl methyl sites for hydroxylation is 2. The summed E-state index contributed by atoms with van der Waals surface area (Å²) in [6.45, 7) is 3.42. The number of thiazole rings is 1. The molecule has 1 rings (SSSR count). The molecule has 1 aromatic rings. The van der Waals surface area contributed by atoms with Crippen LogP contribution in [0.3, 0.4) is 0 Å². The fourth-order valence-corrected chi connectivity index (χ4v) is 2.45. The van der Waals surface area contributed by atoms with Gasteiger partial charge in [0.05, 0.1) is 23.8 Å². The molecule has 0 saturated heterocycles. The number of hydrogen-bond acceptors (Lipinski definition) is 5. The van der Waals surface area contributed by atoms with E-state index in [-0.39, 0.29) is 13.1 Å². The zero-order chi connectivity index (χ0) is 13.0. The Morgan fingerprint density at radius 2 is 1.76 bits per heavy atom. The van der Waals surface area contributed by atoms with Crippen LogP contribution in [0.25, 0.3) is 0 Å². The van der Waals surface area contributed by atoms with E-state index in [0.717, 1.165) is 15.6 Å². The Morgan fingerprint density at radius 1 is 1.24 bits per heavy atom. The second-order valence-electron chi connectivity index (χ2n) is 3.67. The summed E-state index contributed by atoms with van der Waals surface area (Å²) in [5.74, 6) is -2.07. The minimum absolute atomic E-state index is 0.289. The molecule has 6 nitrogen and oxygen atoms in total. The lowest BCUT2D eigenvalue weighted by molar-refractivity contribution is -0.141. The molecule has 0 aliphatic heterocycles. The molecule has 1 heterocycles. The first-order valence-corrected chi connectivity index (χ1v) is 5.79. The van der Waals surface area contributed by atoms with E-state index in [1.165, 1.54) is 16.2 Å². The van der Waals surface area contributed by atoms with Crippen LogP contribution in [0.2, 0.25) is 0 Å². The van der Waals surface area contributed by atoms with Crippen molar-refractivity contribution in [1.82, 2.24) is 9.88 Å². The molecule has 0 aromatic carbocycles. The van der Waals surface area contributed by atoms with E-state index in [9.17, 15) is 9.59 Å². The first kappa shape index (κ1) is 13.6. The van der Waals surface area contributed by atoms with Gasteiger partial charge < -0.3 is 10.2 Å². The lowest BCUT2D eigenvalue weighted by Crippen LogP contribution is -2.33. The third-order valence-electron chi connectivity index (χ3n) is 2.08. The SMILES string of the molecule is Cc1nc(C)c(CN(CC(=O)O)CC(=O)O)s1. The maximum absolute atomic E-state index is 10.6. The van der Waals surface area contributed by atoms with Gasteiger partial charge in [-0.1, -0.05) is 0 Å². The van der Waals surface area contributed by atoms with Crippen LogP contribution in [-0.2, 0) is 16.1 Å². The van der Waals surface area contributed by atoms with Crippen LogP contribution in [-0.4, -0.2) is 45.1 Å². The largest absolute Gasteiger partial charge is 0.480 e. The molecule has 17 heavy (non-hydrogen) atoms. The van der Waals surface area contributed by atoms with Crippen molar-refractivity contribution in [3.8, 4) is 0 Å². The molecule has 0 saturated carbocycles. The van der Waals surface area contributed by atoms with Crippen molar-refractivity contribution in [2.24, 2.45) is 0 Å². The lowest BCUT2D eigenvalue weighted by atomic mass is 10.3. The molecule has 0 aliphatic rings. The number of carboxylic acids is 2. The highest BCUT2D eigenvalue weighted by Gasteiger charge is 2.16. The van der Waals surface area contributed by atoms with E-state index in [1.54, 1.807) is 0 Å². The van der Waals surface area contributed by atoms with E-state index in [1.807, 2.05) is 13.8 Å². The molecule has 7 heteroatoms. The molecular formula is C10H14N2O4S. The Kier molecular flexibility index (Phi) is 4.59. The van der Waals surface area contributed by atoms with Crippen molar-refractivity contribution in [3.63, 3.8) is 0 Å². The smallest absolute Gasteiger partial charge is 0.317 e. The summed E-state index contributed by atoms with van der Waals surface area (Å²) in [5.41, 5.74) is 0.827. The Balaban J connectivity index is 2.74. The Hall–Kier alpha value is -1.47. The van der Waals surface area contributed by atoms with Crippen LogP contribution in [0.1, 0.15) is 15.6 Å². The van der Waals surface area contributed by atoms with Gasteiger partial charge in [0.2, 0.25) is 0 Å². The number of carbonyl (C=O) groups is 2. The highest BCUT2D eigenvalue weighted by atomic mass is 32.1. The average Bonchev–Trinajstić information content (AvgIpc) is 2.42. The van der Waals surface area contributed by atoms with Crippen LogP contribution < -0.4 is 0 Å². The highest BCUT2D eigenvalue weighted by molar-refractivity contribution is 7.11. The van der Waals surface area contributed by atoms with Gasteiger partial charge in [-0.3, -0.25) is 14.5 Å². The quantitative estimate of drug-likeness (QED) is 0.781. The van der Waals surface area contributed by atoms with E-state index in [0.29, 0.717) is 6.54 Å². The minimum Gasteiger partial charge on any atom is -0.480 e. The molecular weight excluding hydrogens is 244 g/mol. The predicted octanol–water partition coefficient (Wildman–Crippen LogP) is 0.731. The summed E-state index contributed by atoms with van der Waals surface area (Å²) in [6, 6.07) is 0. The van der Waals surface area contributed by atoms with Crippen molar-refractivity contribution in [2.45, 2.75) is 20.4 Å². The lowest BCUT2D eigenvalue weighted by Gasteiger charge is -2.16. The van der Waals surface area contributed by atoms with E-state index < -0.39 is 11.9 Å². The number of aromatic nitrogens is 1. The maximum atomic E-state index is 10.6. The van der Waals surface area contributed by atoms with Gasteiger partial charge in [-0.05, 0) is 13.8 Å². The van der Waals surface area contributed by atoms with Crippen molar-refractivity contribution in [1.29, 1.82) is 0 Å². The summed E-state index contributed by atoms with van der Waals surface area (Å²) in [6.07, 6.45) is 0. The van der Waals surface area contributed by atoms with Crippen molar-refractivity contribution in [3.05, 3.63) is 15.6 Å². The van der Waals surface area contributed by atoms with E-state index in [4.69, 9.17) is 10.2 Å². The summed E-state index contributed by atoms with van der Waals surface area (Å²) < 4.78 is 0. The first-order chi connectivity index (χ1) is 7.88. The van der Waals surface area contributed by atoms with Gasteiger partial charge in [0.25, 0.3) is 0 Å². The van der Waals surface area contributed by atoms with Crippen molar-refractivity contribution >= 4 is 23.3 Å². The molecule has 0 fully saturated rings. The van der Waals surface area contributed by atoms with Gasteiger partial charge in [0, 0.05) is 11.4 Å². The predicted molar refractivity (Wildman–Crippen MR) is 62.1 cm³/mol. The highest BCUT2D eigenvalue weighted by Crippen LogP contribution is 2.18. The Bertz CT molecular complexity index is 414. The zero-order valence-electron chi connectivity index (χ0n) is 9.63. The van der Waals surface area contributed by atoms with Crippen molar-refractivity contribution < 1.29 is 19.8 Å². The van der Waals surface area contributed by atoms with Crippen molar-refractivity contribution in [2.75, 3.05) is 13.1 Å². The van der Waals surface area contributed by atoms with Gasteiger partial charge >= 0.3 is 11.9 Å². The second kappa shape index (κ2) is 5.74. The number of aliphatic carboxylic acids is 2. The summed E-state index contributed by atoms with van der Waals surface area (Å²) in [4.78, 5) is 27.7. The second-order valence-corrected chi connectivity index (χ2v) is 4.96. The minimum atomic E-state index is -1.04. The van der Waals surface area contributed by atoms with Crippen LogP contribution in [0.5, 0.6) is 0 Å². The summed E-state index contributed by atoms with van der Waals surface area (Å²) >= 11 is 1.46. The molecule has 0 aliphatic carbocycles. The number of rotatable bonds is 6. The molecule has 1 aromatic heterocycles. The monoisotopic (exact) mass is 258 g/mol. The molecule has 0 unspecified atom stereocenters. The number of nitrogens with zero attached hydrogens (tertiary/aromatic N) is 2. The summed E-state index contributed by atoms with van der Waals surface area (Å²) in [7, 11) is 0. The fourth-order valence-electron chi connectivity index (χ4n) is 1.47. The third kappa shape index (κ3) is 4.49. The normalized spacial score (nSPS) is 10.8. The van der Waals surface area contributed by atoms with Crippen LogP contribution >= 0.6 is 11.3 Å². The molecule has 0 amide bonds. The molecule has 94 valence electrons. The van der Waals surface area contributed by atoms with Gasteiger partial charge in [-0.2, -0.15) is 0 Å². The number of carboxylic acid groups (broad SMARTS) is 2. The van der Waals surface area contributed by atoms with Gasteiger partial charge in [-0.15, -0.1) is 11.3 Å². The number of hydrogen-bond donors (Lipinski definition) is 2. The fraction of sp³-hybridized carbons (Fsp3) is 0.500. The molecule has 0 atom stereocenters. The molecule has 0 bridgehead atoms. The summed E-state index contributed by atoms with van der Waals surface area (Å²) in [5, 5.41) is 18.3.